The van der Waals surface area contributed by atoms with Gasteiger partial charge in [0.05, 0.1) is 66.2 Å². The average Bonchev–Trinajstić information content (AvgIpc) is 1.60. The van der Waals surface area contributed by atoms with E-state index in [2.05, 4.69) is 356 Å². The lowest BCUT2D eigenvalue weighted by molar-refractivity contribution is 1.15. The van der Waals surface area contributed by atoms with Crippen molar-refractivity contribution in [1.82, 2.24) is 9.13 Å². The van der Waals surface area contributed by atoms with E-state index in [1.54, 1.807) is 0 Å². The van der Waals surface area contributed by atoms with Crippen LogP contribution in [0.15, 0.2) is 328 Å². The maximum atomic E-state index is 8.23. The fourth-order valence-electron chi connectivity index (χ4n) is 12.4. The molecule has 0 spiro atoms. The molecule has 15 aromatic rings. The number of nitrogens with zero attached hydrogens (tertiary/aromatic N) is 6. The summed E-state index contributed by atoms with van der Waals surface area (Å²) in [6.07, 6.45) is 0. The molecule has 6 nitrogen and oxygen atoms in total. The third-order valence-electron chi connectivity index (χ3n) is 16.1. The Labute approximate surface area is 509 Å². The Kier molecular flexibility index (Phi) is 13.6. The van der Waals surface area contributed by atoms with Crippen LogP contribution in [0.3, 0.4) is 0 Å². The molecule has 0 atom stereocenters. The Balaban J connectivity index is 1.03. The summed E-state index contributed by atoms with van der Waals surface area (Å²) in [5.74, 6) is 0. The van der Waals surface area contributed by atoms with E-state index in [9.17, 15) is 0 Å². The average molecular weight is 1150 g/mol. The SMILES string of the molecule is Clc1c(N(c2ccccc2)c2ccccc2)cc(N(c2ccccc2)c2ccccc2)cc1-n1c2ccccc2c2cc3c(cc21)c1ccccc1n3-c1cc(N(c2ccccc2)c2ccccc2)cc(N(c2ccccc2)c2ccccc2)c1Cl. The topological polar surface area (TPSA) is 22.8 Å². The lowest BCUT2D eigenvalue weighted by atomic mass is 10.1. The molecule has 2 aromatic heterocycles. The Bertz CT molecular complexity index is 4420. The molecule has 0 radical (unpaired) electrons. The predicted octanol–water partition coefficient (Wildman–Crippen LogP) is 23.1. The second-order valence-electron chi connectivity index (χ2n) is 21.2. The Morgan fingerprint density at radius 3 is 0.698 bits per heavy atom. The zero-order valence-corrected chi connectivity index (χ0v) is 48.1. The minimum absolute atomic E-state index is 0.589. The van der Waals surface area contributed by atoms with Crippen molar-refractivity contribution in [2.45, 2.75) is 0 Å². The van der Waals surface area contributed by atoms with Gasteiger partial charge in [0.1, 0.15) is 0 Å². The summed E-state index contributed by atoms with van der Waals surface area (Å²) in [7, 11) is 0. The van der Waals surface area contributed by atoms with Crippen LogP contribution >= 0.6 is 23.2 Å². The molecule has 0 N–H and O–H groups in total. The second-order valence-corrected chi connectivity index (χ2v) is 22.0. The van der Waals surface area contributed by atoms with Crippen LogP contribution in [0.25, 0.3) is 55.0 Å². The van der Waals surface area contributed by atoms with Crippen LogP contribution in [0.2, 0.25) is 10.0 Å². The van der Waals surface area contributed by atoms with Gasteiger partial charge in [0.25, 0.3) is 0 Å². The number of rotatable bonds is 14. The zero-order chi connectivity index (χ0) is 57.5. The van der Waals surface area contributed by atoms with Crippen molar-refractivity contribution < 1.29 is 0 Å². The number of hydrogen-bond acceptors (Lipinski definition) is 4. The van der Waals surface area contributed by atoms with Crippen molar-refractivity contribution in [2.24, 2.45) is 0 Å². The molecule has 13 aromatic carbocycles. The van der Waals surface area contributed by atoms with Crippen LogP contribution in [0.4, 0.5) is 68.2 Å². The number of fused-ring (bicyclic) bond motifs is 6. The second kappa shape index (κ2) is 22.4. The molecule has 0 aliphatic carbocycles. The first kappa shape index (κ1) is 52.1. The molecular formula is C78H54Cl2N6. The van der Waals surface area contributed by atoms with Gasteiger partial charge in [-0.3, -0.25) is 0 Å². The minimum atomic E-state index is 0.589. The van der Waals surface area contributed by atoms with Crippen molar-refractivity contribution >= 4 is 135 Å². The van der Waals surface area contributed by atoms with E-state index >= 15 is 0 Å². The quantitative estimate of drug-likeness (QED) is 0.108. The van der Waals surface area contributed by atoms with Crippen LogP contribution in [0, 0.1) is 0 Å². The Morgan fingerprint density at radius 2 is 0.430 bits per heavy atom. The summed E-state index contributed by atoms with van der Waals surface area (Å²) in [6, 6.07) is 115. The number of halogens is 2. The van der Waals surface area contributed by atoms with Gasteiger partial charge < -0.3 is 28.7 Å². The highest BCUT2D eigenvalue weighted by Crippen LogP contribution is 2.51. The van der Waals surface area contributed by atoms with E-state index in [0.717, 1.165) is 123 Å². The third-order valence-corrected chi connectivity index (χ3v) is 16.9. The third kappa shape index (κ3) is 9.25. The van der Waals surface area contributed by atoms with Crippen molar-refractivity contribution in [1.29, 1.82) is 0 Å². The molecule has 0 aliphatic rings. The lowest BCUT2D eigenvalue weighted by Gasteiger charge is -2.31. The van der Waals surface area contributed by atoms with Crippen LogP contribution in [0.5, 0.6) is 0 Å². The summed E-state index contributed by atoms with van der Waals surface area (Å²) in [6.45, 7) is 0. The number of anilines is 12. The standard InChI is InChI=1S/C78H54Cl2N6/c79-77-73(83(59-37-17-5-18-38-59)60-39-19-6-20-40-60)49-63(81(55-29-9-1-10-30-55)56-31-11-2-12-32-56)51-75(77)85-69-47-27-25-45-65(69)67-54-72-68(53-71(67)85)66-46-26-28-48-70(66)86(72)76-52-64(82(57-33-13-3-14-34-57)58-35-15-4-16-36-58)50-74(78(76)80)84(61-41-21-7-22-42-61)62-43-23-8-24-44-62/h1-54H. The maximum absolute atomic E-state index is 8.23. The first-order chi connectivity index (χ1) is 42.6. The van der Waals surface area contributed by atoms with Gasteiger partial charge in [0.2, 0.25) is 0 Å². The van der Waals surface area contributed by atoms with E-state index in [-0.39, 0.29) is 0 Å². The fraction of sp³-hybridized carbons (Fsp3) is 0. The van der Waals surface area contributed by atoms with Gasteiger partial charge in [-0.05, 0) is 146 Å². The van der Waals surface area contributed by atoms with Gasteiger partial charge in [0, 0.05) is 67.0 Å². The fourth-order valence-corrected chi connectivity index (χ4v) is 12.9. The Hall–Kier alpha value is -10.8. The molecule has 0 unspecified atom stereocenters. The van der Waals surface area contributed by atoms with Gasteiger partial charge >= 0.3 is 0 Å². The molecule has 410 valence electrons. The molecular weight excluding hydrogens is 1090 g/mol. The van der Waals surface area contributed by atoms with E-state index in [4.69, 9.17) is 23.2 Å². The molecule has 0 saturated carbocycles. The molecule has 8 heteroatoms. The summed E-state index contributed by atoms with van der Waals surface area (Å²) < 4.78 is 4.74. The minimum Gasteiger partial charge on any atom is -0.310 e. The number of benzene rings is 13. The van der Waals surface area contributed by atoms with Gasteiger partial charge in [-0.1, -0.05) is 205 Å². The van der Waals surface area contributed by atoms with E-state index < -0.39 is 0 Å². The maximum Gasteiger partial charge on any atom is 0.0888 e. The number of hydrogen-bond donors (Lipinski definition) is 0. The van der Waals surface area contributed by atoms with Crippen LogP contribution < -0.4 is 19.6 Å². The van der Waals surface area contributed by atoms with E-state index in [1.807, 2.05) is 0 Å². The van der Waals surface area contributed by atoms with Crippen LogP contribution in [0.1, 0.15) is 0 Å². The molecule has 2 heterocycles. The van der Waals surface area contributed by atoms with Crippen LogP contribution in [-0.4, -0.2) is 9.13 Å². The first-order valence-electron chi connectivity index (χ1n) is 28.8. The largest absolute Gasteiger partial charge is 0.310 e. The molecule has 0 amide bonds. The van der Waals surface area contributed by atoms with E-state index in [1.165, 1.54) is 0 Å². The molecule has 0 bridgehead atoms. The molecule has 86 heavy (non-hydrogen) atoms. The van der Waals surface area contributed by atoms with Crippen molar-refractivity contribution in [3.8, 4) is 11.4 Å². The Morgan fingerprint density at radius 1 is 0.198 bits per heavy atom. The van der Waals surface area contributed by atoms with Crippen molar-refractivity contribution in [3.63, 3.8) is 0 Å². The highest BCUT2D eigenvalue weighted by molar-refractivity contribution is 6.37. The first-order valence-corrected chi connectivity index (χ1v) is 29.6. The van der Waals surface area contributed by atoms with Crippen molar-refractivity contribution in [3.05, 3.63) is 338 Å². The molecule has 0 fully saturated rings. The van der Waals surface area contributed by atoms with Crippen LogP contribution in [-0.2, 0) is 0 Å². The van der Waals surface area contributed by atoms with Gasteiger partial charge in [-0.2, -0.15) is 0 Å². The predicted molar refractivity (Wildman–Crippen MR) is 364 cm³/mol. The van der Waals surface area contributed by atoms with E-state index in [0.29, 0.717) is 10.0 Å². The molecule has 15 rings (SSSR count). The van der Waals surface area contributed by atoms with Gasteiger partial charge in [-0.15, -0.1) is 0 Å². The monoisotopic (exact) mass is 1140 g/mol. The summed E-state index contributed by atoms with van der Waals surface area (Å²) in [4.78, 5) is 9.17. The molecule has 0 aliphatic heterocycles. The smallest absolute Gasteiger partial charge is 0.0888 e. The van der Waals surface area contributed by atoms with Crippen molar-refractivity contribution in [2.75, 3.05) is 19.6 Å². The zero-order valence-electron chi connectivity index (χ0n) is 46.6. The lowest BCUT2D eigenvalue weighted by Crippen LogP contribution is -2.15. The van der Waals surface area contributed by atoms with Gasteiger partial charge in [0.15, 0.2) is 0 Å². The number of para-hydroxylation sites is 10. The normalized spacial score (nSPS) is 11.4. The highest BCUT2D eigenvalue weighted by Gasteiger charge is 2.29. The summed E-state index contributed by atoms with van der Waals surface area (Å²) in [5.41, 5.74) is 17.1. The number of aromatic nitrogens is 2. The highest BCUT2D eigenvalue weighted by atomic mass is 35.5. The summed E-state index contributed by atoms with van der Waals surface area (Å²) in [5, 5.41) is 5.45. The molecule has 0 saturated heterocycles. The van der Waals surface area contributed by atoms with Gasteiger partial charge in [-0.25, -0.2) is 0 Å². The summed E-state index contributed by atoms with van der Waals surface area (Å²) >= 11 is 16.5.